The van der Waals surface area contributed by atoms with E-state index in [9.17, 15) is 31.5 Å². The van der Waals surface area contributed by atoms with Crippen molar-refractivity contribution in [3.8, 4) is 11.6 Å². The van der Waals surface area contributed by atoms with Gasteiger partial charge in [-0.25, -0.2) is 23.2 Å². The maximum absolute atomic E-state index is 13.5. The molecule has 0 radical (unpaired) electrons. The van der Waals surface area contributed by atoms with Gasteiger partial charge in [-0.15, -0.1) is 13.2 Å². The van der Waals surface area contributed by atoms with Crippen LogP contribution in [0.15, 0.2) is 48.8 Å². The Morgan fingerprint density at radius 2 is 1.94 bits per heavy atom. The molecule has 0 bridgehead atoms. The standard InChI is InChI=1S/C21H17ClF5N5O4/c1-11(10-35-20(34)30-12-4-2-5-13(8-12)36-21(25,26)27)29-19(33)14-9-32(31-16(14)17(23)24)18-15(22)6-3-7-28-18/h2-9,11,17H,10H2,1H3,(H,29,33)(H,30,34)/t11-/m0/s1. The second-order valence-electron chi connectivity index (χ2n) is 7.16. The van der Waals surface area contributed by atoms with Gasteiger partial charge in [-0.05, 0) is 31.2 Å². The topological polar surface area (TPSA) is 107 Å². The molecule has 1 atom stereocenters. The van der Waals surface area contributed by atoms with Gasteiger partial charge >= 0.3 is 12.5 Å². The Morgan fingerprint density at radius 3 is 2.61 bits per heavy atom. The number of nitrogens with one attached hydrogen (secondary N) is 2. The molecule has 192 valence electrons. The number of aromatic nitrogens is 3. The van der Waals surface area contributed by atoms with Gasteiger partial charge in [0.05, 0.1) is 16.6 Å². The lowest BCUT2D eigenvalue weighted by Gasteiger charge is -2.15. The maximum atomic E-state index is 13.5. The summed E-state index contributed by atoms with van der Waals surface area (Å²) in [5.74, 6) is -1.43. The summed E-state index contributed by atoms with van der Waals surface area (Å²) in [6.45, 7) is 1.05. The van der Waals surface area contributed by atoms with Crippen LogP contribution in [0, 0.1) is 0 Å². The normalized spacial score (nSPS) is 12.2. The van der Waals surface area contributed by atoms with Crippen molar-refractivity contribution in [3.05, 3.63) is 65.1 Å². The average Bonchev–Trinajstić information content (AvgIpc) is 3.23. The largest absolute Gasteiger partial charge is 0.573 e. The molecule has 3 rings (SSSR count). The van der Waals surface area contributed by atoms with Crippen molar-refractivity contribution in [2.75, 3.05) is 11.9 Å². The van der Waals surface area contributed by atoms with Crippen LogP contribution in [0.3, 0.4) is 0 Å². The lowest BCUT2D eigenvalue weighted by atomic mass is 10.2. The predicted molar refractivity (Wildman–Crippen MR) is 116 cm³/mol. The number of pyridine rings is 1. The Kier molecular flexibility index (Phi) is 8.29. The van der Waals surface area contributed by atoms with Crippen LogP contribution in [0.5, 0.6) is 5.75 Å². The second kappa shape index (κ2) is 11.2. The smallest absolute Gasteiger partial charge is 0.447 e. The van der Waals surface area contributed by atoms with Gasteiger partial charge in [0, 0.05) is 24.1 Å². The van der Waals surface area contributed by atoms with E-state index in [-0.39, 0.29) is 23.1 Å². The molecule has 36 heavy (non-hydrogen) atoms. The molecule has 0 fully saturated rings. The van der Waals surface area contributed by atoms with E-state index in [4.69, 9.17) is 16.3 Å². The summed E-state index contributed by atoms with van der Waals surface area (Å²) in [6, 6.07) is 6.65. The molecule has 2 amide bonds. The summed E-state index contributed by atoms with van der Waals surface area (Å²) in [5, 5.41) is 8.43. The lowest BCUT2D eigenvalue weighted by Crippen LogP contribution is -2.37. The summed E-state index contributed by atoms with van der Waals surface area (Å²) in [5.41, 5.74) is -1.29. The second-order valence-corrected chi connectivity index (χ2v) is 7.56. The molecular weight excluding hydrogens is 517 g/mol. The zero-order chi connectivity index (χ0) is 26.5. The SMILES string of the molecule is C[C@@H](COC(=O)Nc1cccc(OC(F)(F)F)c1)NC(=O)c1cn(-c2ncccc2Cl)nc1C(F)F. The number of carbonyl (C=O) groups is 2. The van der Waals surface area contributed by atoms with Crippen molar-refractivity contribution >= 4 is 29.3 Å². The molecule has 0 saturated carbocycles. The van der Waals surface area contributed by atoms with E-state index in [2.05, 4.69) is 25.5 Å². The highest BCUT2D eigenvalue weighted by Crippen LogP contribution is 2.26. The third kappa shape index (κ3) is 7.28. The molecule has 0 unspecified atom stereocenters. The van der Waals surface area contributed by atoms with Gasteiger partial charge in [-0.1, -0.05) is 17.7 Å². The maximum Gasteiger partial charge on any atom is 0.573 e. The number of alkyl halides is 5. The number of hydrogen-bond acceptors (Lipinski definition) is 6. The molecule has 2 N–H and O–H groups in total. The van der Waals surface area contributed by atoms with Crippen molar-refractivity contribution in [3.63, 3.8) is 0 Å². The van der Waals surface area contributed by atoms with Gasteiger partial charge in [-0.3, -0.25) is 10.1 Å². The molecule has 15 heteroatoms. The van der Waals surface area contributed by atoms with E-state index in [1.807, 2.05) is 0 Å². The quantitative estimate of drug-likeness (QED) is 0.389. The van der Waals surface area contributed by atoms with Gasteiger partial charge in [0.1, 0.15) is 18.1 Å². The van der Waals surface area contributed by atoms with Gasteiger partial charge in [0.25, 0.3) is 12.3 Å². The lowest BCUT2D eigenvalue weighted by molar-refractivity contribution is -0.274. The molecule has 9 nitrogen and oxygen atoms in total. The predicted octanol–water partition coefficient (Wildman–Crippen LogP) is 5.12. The minimum absolute atomic E-state index is 0.0397. The fourth-order valence-electron chi connectivity index (χ4n) is 2.85. The number of anilines is 1. The summed E-state index contributed by atoms with van der Waals surface area (Å²) < 4.78 is 73.6. The number of rotatable bonds is 8. The van der Waals surface area contributed by atoms with Crippen molar-refractivity contribution in [1.29, 1.82) is 0 Å². The number of amides is 2. The highest BCUT2D eigenvalue weighted by atomic mass is 35.5. The van der Waals surface area contributed by atoms with Crippen LogP contribution < -0.4 is 15.4 Å². The molecule has 0 spiro atoms. The van der Waals surface area contributed by atoms with Gasteiger partial charge < -0.3 is 14.8 Å². The first-order chi connectivity index (χ1) is 16.9. The first-order valence-corrected chi connectivity index (χ1v) is 10.4. The van der Waals surface area contributed by atoms with Crippen LogP contribution >= 0.6 is 11.6 Å². The number of carbonyl (C=O) groups excluding carboxylic acids is 2. The molecule has 3 aromatic rings. The average molecular weight is 534 g/mol. The van der Waals surface area contributed by atoms with Crippen molar-refractivity contribution < 1.29 is 41.0 Å². The molecule has 2 aromatic heterocycles. The Balaban J connectivity index is 1.59. The molecule has 0 aliphatic rings. The fraction of sp³-hybridized carbons (Fsp3) is 0.238. The van der Waals surface area contributed by atoms with Crippen molar-refractivity contribution in [2.45, 2.75) is 25.8 Å². The van der Waals surface area contributed by atoms with E-state index in [1.54, 1.807) is 0 Å². The first-order valence-electron chi connectivity index (χ1n) is 10.0. The van der Waals surface area contributed by atoms with Gasteiger partial charge in [0.2, 0.25) is 0 Å². The zero-order valence-electron chi connectivity index (χ0n) is 18.2. The summed E-state index contributed by atoms with van der Waals surface area (Å²) in [7, 11) is 0. The Morgan fingerprint density at radius 1 is 1.19 bits per heavy atom. The minimum Gasteiger partial charge on any atom is -0.447 e. The number of halogens is 6. The van der Waals surface area contributed by atoms with E-state index in [0.29, 0.717) is 0 Å². The summed E-state index contributed by atoms with van der Waals surface area (Å²) in [6.07, 6.45) is -6.61. The van der Waals surface area contributed by atoms with E-state index >= 15 is 0 Å². The van der Waals surface area contributed by atoms with Crippen LogP contribution in [-0.4, -0.2) is 45.8 Å². The van der Waals surface area contributed by atoms with Gasteiger partial charge in [-0.2, -0.15) is 5.10 Å². The van der Waals surface area contributed by atoms with Crippen LogP contribution in [-0.2, 0) is 4.74 Å². The molecule has 0 saturated heterocycles. The Hall–Kier alpha value is -3.94. The monoisotopic (exact) mass is 533 g/mol. The molecule has 0 aliphatic carbocycles. The number of nitrogens with zero attached hydrogens (tertiary/aromatic N) is 3. The Labute approximate surface area is 205 Å². The molecular formula is C21H17ClF5N5O4. The minimum atomic E-state index is -4.91. The molecule has 0 aliphatic heterocycles. The highest BCUT2D eigenvalue weighted by Gasteiger charge is 2.31. The Bertz CT molecular complexity index is 1240. The highest BCUT2D eigenvalue weighted by molar-refractivity contribution is 6.32. The third-order valence-corrected chi connectivity index (χ3v) is 4.60. The van der Waals surface area contributed by atoms with E-state index < -0.39 is 47.8 Å². The van der Waals surface area contributed by atoms with Crippen LogP contribution in [0.25, 0.3) is 5.82 Å². The summed E-state index contributed by atoms with van der Waals surface area (Å²) in [4.78, 5) is 28.5. The van der Waals surface area contributed by atoms with Crippen LogP contribution in [0.4, 0.5) is 32.4 Å². The van der Waals surface area contributed by atoms with Gasteiger partial charge in [0.15, 0.2) is 5.82 Å². The van der Waals surface area contributed by atoms with E-state index in [1.165, 1.54) is 37.4 Å². The number of hydrogen-bond donors (Lipinski definition) is 2. The van der Waals surface area contributed by atoms with Crippen LogP contribution in [0.2, 0.25) is 5.02 Å². The zero-order valence-corrected chi connectivity index (χ0v) is 19.0. The molecule has 1 aromatic carbocycles. The third-order valence-electron chi connectivity index (χ3n) is 4.31. The van der Waals surface area contributed by atoms with Crippen molar-refractivity contribution in [1.82, 2.24) is 20.1 Å². The summed E-state index contributed by atoms with van der Waals surface area (Å²) >= 11 is 6.01. The number of ether oxygens (including phenoxy) is 2. The van der Waals surface area contributed by atoms with E-state index in [0.717, 1.165) is 23.0 Å². The number of benzene rings is 1. The molecule has 2 heterocycles. The van der Waals surface area contributed by atoms with Crippen molar-refractivity contribution in [2.24, 2.45) is 0 Å². The fourth-order valence-corrected chi connectivity index (χ4v) is 3.05. The van der Waals surface area contributed by atoms with Crippen LogP contribution in [0.1, 0.15) is 29.4 Å². The first kappa shape index (κ1) is 26.7.